The molecule has 0 fully saturated rings. The first-order valence-corrected chi connectivity index (χ1v) is 4.98. The summed E-state index contributed by atoms with van der Waals surface area (Å²) in [6, 6.07) is 0. The van der Waals surface area contributed by atoms with Gasteiger partial charge in [-0.2, -0.15) is 0 Å². The maximum atomic E-state index is 3.80. The molecule has 11 heavy (non-hydrogen) atoms. The summed E-state index contributed by atoms with van der Waals surface area (Å²) in [6.45, 7) is 5.87. The fourth-order valence-corrected chi connectivity index (χ4v) is 2.20. The molecular weight excluding hydrogens is 152 g/mol. The molecule has 1 heteroatoms. The molecule has 1 heterocycles. The predicted molar refractivity (Wildman–Crippen MR) is 53.7 cm³/mol. The van der Waals surface area contributed by atoms with Crippen LogP contribution in [0.25, 0.3) is 0 Å². The van der Waals surface area contributed by atoms with Gasteiger partial charge in [0.15, 0.2) is 0 Å². The van der Waals surface area contributed by atoms with Gasteiger partial charge in [-0.1, -0.05) is 24.8 Å². The summed E-state index contributed by atoms with van der Waals surface area (Å²) >= 11 is 1.92. The van der Waals surface area contributed by atoms with Crippen molar-refractivity contribution < 1.29 is 0 Å². The molecule has 0 N–H and O–H groups in total. The minimum absolute atomic E-state index is 1.22. The molecule has 0 aromatic carbocycles. The topological polar surface area (TPSA) is 0 Å². The monoisotopic (exact) mass is 166 g/mol. The molecular formula is C10H14S. The Labute approximate surface area is 73.1 Å². The van der Waals surface area contributed by atoms with Crippen LogP contribution >= 0.6 is 11.8 Å². The van der Waals surface area contributed by atoms with Crippen molar-refractivity contribution in [1.29, 1.82) is 0 Å². The molecule has 0 amide bonds. The molecule has 0 bridgehead atoms. The SMILES string of the molecule is C=CC1=C(/C=C\C)CCCS1. The summed E-state index contributed by atoms with van der Waals surface area (Å²) in [6.07, 6.45) is 8.80. The van der Waals surface area contributed by atoms with E-state index in [1.807, 2.05) is 17.8 Å². The van der Waals surface area contributed by atoms with E-state index < -0.39 is 0 Å². The molecule has 0 atom stereocenters. The van der Waals surface area contributed by atoms with Crippen molar-refractivity contribution in [3.63, 3.8) is 0 Å². The van der Waals surface area contributed by atoms with Crippen molar-refractivity contribution in [3.05, 3.63) is 35.3 Å². The Bertz CT molecular complexity index is 199. The van der Waals surface area contributed by atoms with Gasteiger partial charge in [-0.05, 0) is 31.1 Å². The Kier molecular flexibility index (Phi) is 3.50. The number of rotatable bonds is 2. The van der Waals surface area contributed by atoms with Gasteiger partial charge in [-0.25, -0.2) is 0 Å². The highest BCUT2D eigenvalue weighted by molar-refractivity contribution is 8.03. The summed E-state index contributed by atoms with van der Waals surface area (Å²) in [7, 11) is 0. The van der Waals surface area contributed by atoms with Gasteiger partial charge in [0.05, 0.1) is 0 Å². The van der Waals surface area contributed by atoms with Crippen LogP contribution in [0.5, 0.6) is 0 Å². The van der Waals surface area contributed by atoms with Crippen molar-refractivity contribution in [2.75, 3.05) is 5.75 Å². The molecule has 0 aliphatic carbocycles. The Balaban J connectivity index is 2.81. The van der Waals surface area contributed by atoms with E-state index in [-0.39, 0.29) is 0 Å². The van der Waals surface area contributed by atoms with E-state index in [9.17, 15) is 0 Å². The predicted octanol–water partition coefficient (Wildman–Crippen LogP) is 3.53. The van der Waals surface area contributed by atoms with Crippen LogP contribution in [0.15, 0.2) is 35.3 Å². The third-order valence-electron chi connectivity index (χ3n) is 1.72. The van der Waals surface area contributed by atoms with Gasteiger partial charge in [-0.15, -0.1) is 11.8 Å². The van der Waals surface area contributed by atoms with E-state index in [1.54, 1.807) is 0 Å². The highest BCUT2D eigenvalue weighted by Gasteiger charge is 2.07. The third kappa shape index (κ3) is 2.26. The Morgan fingerprint density at radius 3 is 3.00 bits per heavy atom. The number of thioether (sulfide) groups is 1. The first kappa shape index (κ1) is 8.66. The smallest absolute Gasteiger partial charge is 0.00980 e. The maximum Gasteiger partial charge on any atom is 0.00980 e. The zero-order valence-corrected chi connectivity index (χ0v) is 7.79. The summed E-state index contributed by atoms with van der Waals surface area (Å²) < 4.78 is 0. The average molecular weight is 166 g/mol. The van der Waals surface area contributed by atoms with E-state index in [0.717, 1.165) is 0 Å². The van der Waals surface area contributed by atoms with Crippen molar-refractivity contribution in [2.45, 2.75) is 19.8 Å². The second kappa shape index (κ2) is 4.45. The van der Waals surface area contributed by atoms with Gasteiger partial charge in [-0.3, -0.25) is 0 Å². The van der Waals surface area contributed by atoms with Crippen LogP contribution in [-0.4, -0.2) is 5.75 Å². The highest BCUT2D eigenvalue weighted by Crippen LogP contribution is 2.30. The van der Waals surface area contributed by atoms with E-state index >= 15 is 0 Å². The molecule has 0 nitrogen and oxygen atoms in total. The zero-order chi connectivity index (χ0) is 8.10. The van der Waals surface area contributed by atoms with Crippen LogP contribution in [0.3, 0.4) is 0 Å². The van der Waals surface area contributed by atoms with Crippen LogP contribution in [0, 0.1) is 0 Å². The third-order valence-corrected chi connectivity index (χ3v) is 2.95. The molecule has 0 saturated carbocycles. The second-order valence-corrected chi connectivity index (χ2v) is 3.68. The lowest BCUT2D eigenvalue weighted by atomic mass is 10.1. The van der Waals surface area contributed by atoms with Crippen LogP contribution in [0.1, 0.15) is 19.8 Å². The van der Waals surface area contributed by atoms with E-state index in [0.29, 0.717) is 0 Å². The molecule has 1 aliphatic rings. The van der Waals surface area contributed by atoms with Crippen molar-refractivity contribution >= 4 is 11.8 Å². The van der Waals surface area contributed by atoms with Gasteiger partial charge in [0.2, 0.25) is 0 Å². The average Bonchev–Trinajstić information content (AvgIpc) is 2.06. The fourth-order valence-electron chi connectivity index (χ4n) is 1.22. The molecule has 0 aromatic rings. The summed E-state index contributed by atoms with van der Waals surface area (Å²) in [5.74, 6) is 1.25. The van der Waals surface area contributed by atoms with Crippen LogP contribution < -0.4 is 0 Å². The molecule has 1 aliphatic heterocycles. The first-order chi connectivity index (χ1) is 5.38. The molecule has 1 rings (SSSR count). The zero-order valence-electron chi connectivity index (χ0n) is 6.97. The number of hydrogen-bond donors (Lipinski definition) is 0. The Hall–Kier alpha value is -0.430. The van der Waals surface area contributed by atoms with Crippen LogP contribution in [-0.2, 0) is 0 Å². The summed E-state index contributed by atoms with van der Waals surface area (Å²) in [5.41, 5.74) is 1.46. The van der Waals surface area contributed by atoms with Gasteiger partial charge in [0, 0.05) is 4.91 Å². The normalized spacial score (nSPS) is 19.4. The summed E-state index contributed by atoms with van der Waals surface area (Å²) in [5, 5.41) is 0. The highest BCUT2D eigenvalue weighted by atomic mass is 32.2. The standard InChI is InChI=1S/C10H14S/c1-3-6-9-7-5-8-11-10(9)4-2/h3-4,6H,2,5,7-8H2,1H3/b6-3-. The fraction of sp³-hybridized carbons (Fsp3) is 0.400. The van der Waals surface area contributed by atoms with Crippen LogP contribution in [0.2, 0.25) is 0 Å². The van der Waals surface area contributed by atoms with E-state index in [1.165, 1.54) is 29.1 Å². The quantitative estimate of drug-likeness (QED) is 0.604. The molecule has 0 aromatic heterocycles. The number of hydrogen-bond acceptors (Lipinski definition) is 1. The molecule has 0 radical (unpaired) electrons. The number of allylic oxidation sites excluding steroid dienone is 4. The van der Waals surface area contributed by atoms with Crippen molar-refractivity contribution in [2.24, 2.45) is 0 Å². The second-order valence-electron chi connectivity index (χ2n) is 2.55. The van der Waals surface area contributed by atoms with Gasteiger partial charge < -0.3 is 0 Å². The van der Waals surface area contributed by atoms with E-state index in [2.05, 4.69) is 25.7 Å². The minimum Gasteiger partial charge on any atom is -0.126 e. The van der Waals surface area contributed by atoms with Gasteiger partial charge in [0.25, 0.3) is 0 Å². The lowest BCUT2D eigenvalue weighted by molar-refractivity contribution is 0.925. The van der Waals surface area contributed by atoms with Gasteiger partial charge >= 0.3 is 0 Å². The van der Waals surface area contributed by atoms with Gasteiger partial charge in [0.1, 0.15) is 0 Å². The minimum atomic E-state index is 1.22. The Morgan fingerprint density at radius 2 is 2.36 bits per heavy atom. The van der Waals surface area contributed by atoms with Crippen LogP contribution in [0.4, 0.5) is 0 Å². The lowest BCUT2D eigenvalue weighted by Crippen LogP contribution is -1.94. The molecule has 0 spiro atoms. The molecule has 60 valence electrons. The first-order valence-electron chi connectivity index (χ1n) is 3.99. The largest absolute Gasteiger partial charge is 0.126 e. The van der Waals surface area contributed by atoms with Crippen molar-refractivity contribution in [3.8, 4) is 0 Å². The van der Waals surface area contributed by atoms with E-state index in [4.69, 9.17) is 0 Å². The Morgan fingerprint density at radius 1 is 1.55 bits per heavy atom. The molecule has 0 unspecified atom stereocenters. The molecule has 0 saturated heterocycles. The maximum absolute atomic E-state index is 3.80. The summed E-state index contributed by atoms with van der Waals surface area (Å²) in [4.78, 5) is 1.37. The lowest BCUT2D eigenvalue weighted by Gasteiger charge is -2.14. The van der Waals surface area contributed by atoms with Crippen molar-refractivity contribution in [1.82, 2.24) is 0 Å².